The first-order valence-electron chi connectivity index (χ1n) is 16.2. The molecule has 0 bridgehead atoms. The van der Waals surface area contributed by atoms with Crippen LogP contribution in [-0.4, -0.2) is 94.4 Å². The highest BCUT2D eigenvalue weighted by molar-refractivity contribution is 5.83. The van der Waals surface area contributed by atoms with Crippen molar-refractivity contribution in [3.63, 3.8) is 0 Å². The summed E-state index contributed by atoms with van der Waals surface area (Å²) in [5, 5.41) is 18.8. The van der Waals surface area contributed by atoms with Gasteiger partial charge in [0.2, 0.25) is 24.2 Å². The lowest BCUT2D eigenvalue weighted by Crippen LogP contribution is -2.63. The van der Waals surface area contributed by atoms with Crippen molar-refractivity contribution in [3.05, 3.63) is 46.6 Å². The molecule has 6 atom stereocenters. The van der Waals surface area contributed by atoms with E-state index in [1.165, 1.54) is 13.8 Å². The van der Waals surface area contributed by atoms with E-state index in [0.29, 0.717) is 24.8 Å². The maximum Gasteiger partial charge on any atom is 0.325 e. The number of hydrogen-bond acceptors (Lipinski definition) is 13. The molecule has 2 heterocycles. The molecule has 3 N–H and O–H groups in total. The second kappa shape index (κ2) is 18.1. The van der Waals surface area contributed by atoms with Crippen molar-refractivity contribution in [1.82, 2.24) is 15.5 Å². The van der Waals surface area contributed by atoms with Crippen molar-refractivity contribution in [1.29, 1.82) is 0 Å². The van der Waals surface area contributed by atoms with Crippen molar-refractivity contribution >= 4 is 35.8 Å². The summed E-state index contributed by atoms with van der Waals surface area (Å²) in [6, 6.07) is 6.76. The molecule has 16 heteroatoms. The summed E-state index contributed by atoms with van der Waals surface area (Å²) in [6.07, 6.45) is -5.09. The van der Waals surface area contributed by atoms with Gasteiger partial charge in [0.05, 0.1) is 0 Å². The molecule has 1 aromatic heterocycles. The van der Waals surface area contributed by atoms with E-state index in [0.717, 1.165) is 37.6 Å². The Bertz CT molecular complexity index is 1520. The van der Waals surface area contributed by atoms with E-state index in [4.69, 9.17) is 33.5 Å². The van der Waals surface area contributed by atoms with Gasteiger partial charge in [-0.25, -0.2) is 0 Å². The first-order chi connectivity index (χ1) is 23.5. The molecule has 1 aliphatic heterocycles. The number of ether oxygens (including phenoxy) is 6. The second-order valence-electron chi connectivity index (χ2n) is 12.2. The standard InChI is InChI=1S/C34H45N3O13/c1-17(2)28-25(15-24-13-11-23(12-14-24)9-8-10-27(42)35-18(3)33(43)44)32(37-36-28)50-34-31(48-22(7)41)30(47-21(6)40)29(46-20(5)39)26(49-34)16-45-19(4)38/h11-14,17-18,26,29-31,34H,8-10,15-16H2,1-7H3,(H,35,42)(H,36,37)(H,43,44)/t18-,26+,29+,30-,31+,34?/m0/s1. The van der Waals surface area contributed by atoms with E-state index < -0.39 is 73.2 Å². The van der Waals surface area contributed by atoms with Crippen LogP contribution < -0.4 is 10.1 Å². The van der Waals surface area contributed by atoms with Crippen LogP contribution in [0.2, 0.25) is 0 Å². The highest BCUT2D eigenvalue weighted by Crippen LogP contribution is 2.34. The van der Waals surface area contributed by atoms with Gasteiger partial charge >= 0.3 is 29.8 Å². The molecule has 1 aromatic carbocycles. The molecule has 1 fully saturated rings. The lowest BCUT2D eigenvalue weighted by molar-refractivity contribution is -0.289. The third kappa shape index (κ3) is 11.6. The van der Waals surface area contributed by atoms with E-state index in [9.17, 15) is 28.8 Å². The van der Waals surface area contributed by atoms with Gasteiger partial charge in [0.1, 0.15) is 18.8 Å². The Labute approximate surface area is 289 Å². The van der Waals surface area contributed by atoms with Crippen LogP contribution in [0.4, 0.5) is 0 Å². The Morgan fingerprint density at radius 2 is 1.44 bits per heavy atom. The molecule has 1 saturated heterocycles. The predicted octanol–water partition coefficient (Wildman–Crippen LogP) is 2.50. The third-order valence-electron chi connectivity index (χ3n) is 7.64. The Balaban J connectivity index is 1.87. The lowest BCUT2D eigenvalue weighted by Gasteiger charge is -2.43. The van der Waals surface area contributed by atoms with Crippen LogP contribution in [0.5, 0.6) is 5.88 Å². The fourth-order valence-corrected chi connectivity index (χ4v) is 5.36. The second-order valence-corrected chi connectivity index (χ2v) is 12.2. The van der Waals surface area contributed by atoms with Gasteiger partial charge in [-0.05, 0) is 36.8 Å². The number of hydrogen-bond donors (Lipinski definition) is 3. The van der Waals surface area contributed by atoms with Gasteiger partial charge < -0.3 is 38.8 Å². The maximum absolute atomic E-state index is 12.2. The zero-order valence-electron chi connectivity index (χ0n) is 29.2. The zero-order chi connectivity index (χ0) is 37.1. The minimum absolute atomic E-state index is 0.0143. The number of nitrogens with one attached hydrogen (secondary N) is 2. The minimum Gasteiger partial charge on any atom is -0.480 e. The van der Waals surface area contributed by atoms with Gasteiger partial charge in [0.25, 0.3) is 0 Å². The summed E-state index contributed by atoms with van der Waals surface area (Å²) < 4.78 is 34.0. The third-order valence-corrected chi connectivity index (χ3v) is 7.64. The van der Waals surface area contributed by atoms with Crippen molar-refractivity contribution in [3.8, 4) is 5.88 Å². The number of aromatic amines is 1. The number of benzene rings is 1. The minimum atomic E-state index is -1.45. The number of carbonyl (C=O) groups excluding carboxylic acids is 5. The van der Waals surface area contributed by atoms with Crippen LogP contribution in [0.3, 0.4) is 0 Å². The quantitative estimate of drug-likeness (QED) is 0.169. The first-order valence-corrected chi connectivity index (χ1v) is 16.2. The predicted molar refractivity (Wildman–Crippen MR) is 173 cm³/mol. The number of carbonyl (C=O) groups is 6. The number of aliphatic carboxylic acids is 1. The Hall–Kier alpha value is -4.99. The molecular weight excluding hydrogens is 658 g/mol. The van der Waals surface area contributed by atoms with E-state index in [2.05, 4.69) is 15.5 Å². The molecule has 1 aliphatic rings. The molecule has 274 valence electrons. The number of amides is 1. The zero-order valence-corrected chi connectivity index (χ0v) is 29.2. The number of aryl methyl sites for hydroxylation is 1. The number of rotatable bonds is 16. The summed E-state index contributed by atoms with van der Waals surface area (Å²) in [7, 11) is 0. The summed E-state index contributed by atoms with van der Waals surface area (Å²) in [5.74, 6) is -4.25. The summed E-state index contributed by atoms with van der Waals surface area (Å²) >= 11 is 0. The van der Waals surface area contributed by atoms with E-state index >= 15 is 0 Å². The SMILES string of the molecule is CC(=O)OC[C@H]1OC(Oc2n[nH]c(C(C)C)c2Cc2ccc(CCCC(=O)N[C@@H](C)C(=O)O)cc2)[C@H](OC(C)=O)[C@@H](OC(C)=O)[C@@H]1OC(C)=O. The number of nitrogens with zero attached hydrogens (tertiary/aromatic N) is 1. The van der Waals surface area contributed by atoms with Gasteiger partial charge in [-0.1, -0.05) is 38.1 Å². The Morgan fingerprint density at radius 3 is 2.00 bits per heavy atom. The normalized spacial score (nSPS) is 20.7. The largest absolute Gasteiger partial charge is 0.480 e. The van der Waals surface area contributed by atoms with Gasteiger partial charge in [0.15, 0.2) is 12.2 Å². The molecule has 2 aromatic rings. The highest BCUT2D eigenvalue weighted by atomic mass is 16.7. The van der Waals surface area contributed by atoms with Gasteiger partial charge in [0, 0.05) is 51.8 Å². The average Bonchev–Trinajstić information content (AvgIpc) is 3.41. The molecule has 1 unspecified atom stereocenters. The van der Waals surface area contributed by atoms with Crippen LogP contribution in [-0.2, 0) is 65.3 Å². The fraction of sp³-hybridized carbons (Fsp3) is 0.559. The first kappa shape index (κ1) is 39.4. The number of aromatic nitrogens is 2. The molecule has 50 heavy (non-hydrogen) atoms. The average molecular weight is 704 g/mol. The molecular formula is C34H45N3O13. The van der Waals surface area contributed by atoms with Crippen LogP contribution in [0, 0.1) is 0 Å². The van der Waals surface area contributed by atoms with E-state index in [1.807, 2.05) is 38.1 Å². The van der Waals surface area contributed by atoms with Crippen molar-refractivity contribution in [2.45, 2.75) is 117 Å². The molecule has 1 amide bonds. The van der Waals surface area contributed by atoms with Crippen LogP contribution in [0.1, 0.15) is 89.6 Å². The number of carboxylic acids is 1. The van der Waals surface area contributed by atoms with Gasteiger partial charge in [-0.2, -0.15) is 0 Å². The van der Waals surface area contributed by atoms with Crippen molar-refractivity contribution < 1.29 is 62.3 Å². The van der Waals surface area contributed by atoms with Crippen LogP contribution in [0.25, 0.3) is 0 Å². The molecule has 0 radical (unpaired) electrons. The van der Waals surface area contributed by atoms with Crippen molar-refractivity contribution in [2.75, 3.05) is 6.61 Å². The number of H-pyrrole nitrogens is 1. The van der Waals surface area contributed by atoms with Crippen molar-refractivity contribution in [2.24, 2.45) is 0 Å². The van der Waals surface area contributed by atoms with Crippen LogP contribution >= 0.6 is 0 Å². The Morgan fingerprint density at radius 1 is 0.860 bits per heavy atom. The van der Waals surface area contributed by atoms with Gasteiger partial charge in [-0.15, -0.1) is 5.10 Å². The smallest absolute Gasteiger partial charge is 0.325 e. The lowest BCUT2D eigenvalue weighted by atomic mass is 9.97. The molecule has 0 aliphatic carbocycles. The maximum atomic E-state index is 12.2. The summed E-state index contributed by atoms with van der Waals surface area (Å²) in [6.45, 7) is 9.53. The molecule has 16 nitrogen and oxygen atoms in total. The topological polar surface area (TPSA) is 219 Å². The molecule has 0 saturated carbocycles. The van der Waals surface area contributed by atoms with Crippen LogP contribution in [0.15, 0.2) is 24.3 Å². The highest BCUT2D eigenvalue weighted by Gasteiger charge is 2.53. The van der Waals surface area contributed by atoms with Gasteiger partial charge in [-0.3, -0.25) is 33.9 Å². The fourth-order valence-electron chi connectivity index (χ4n) is 5.36. The monoisotopic (exact) mass is 703 g/mol. The molecule has 3 rings (SSSR count). The van der Waals surface area contributed by atoms with E-state index in [1.54, 1.807) is 0 Å². The number of esters is 4. The summed E-state index contributed by atoms with van der Waals surface area (Å²) in [4.78, 5) is 71.2. The summed E-state index contributed by atoms with van der Waals surface area (Å²) in [5.41, 5.74) is 3.32. The molecule has 0 spiro atoms. The number of carboxylic acid groups (broad SMARTS) is 1. The van der Waals surface area contributed by atoms with E-state index in [-0.39, 0.29) is 24.1 Å². The Kier molecular flexibility index (Phi) is 14.3.